The smallest absolute Gasteiger partial charge is 0.0192 e. The molecule has 0 radical (unpaired) electrons. The first-order valence-electron chi connectivity index (χ1n) is 5.46. The van der Waals surface area contributed by atoms with Gasteiger partial charge in [-0.1, -0.05) is 13.8 Å². The van der Waals surface area contributed by atoms with Crippen molar-refractivity contribution in [1.29, 1.82) is 0 Å². The fraction of sp³-hybridized carbons (Fsp3) is 1.00. The summed E-state index contributed by atoms with van der Waals surface area (Å²) in [5.41, 5.74) is 0.663. The Morgan fingerprint density at radius 3 is 2.38 bits per heavy atom. The highest BCUT2D eigenvalue weighted by Gasteiger charge is 2.62. The van der Waals surface area contributed by atoms with Crippen LogP contribution >= 0.6 is 0 Å². The van der Waals surface area contributed by atoms with Crippen LogP contribution in [-0.4, -0.2) is 37.6 Å². The first kappa shape index (κ1) is 9.47. The summed E-state index contributed by atoms with van der Waals surface area (Å²) < 4.78 is 0. The fourth-order valence-electron chi connectivity index (χ4n) is 2.95. The van der Waals surface area contributed by atoms with Crippen molar-refractivity contribution in [1.82, 2.24) is 10.2 Å². The van der Waals surface area contributed by atoms with Crippen LogP contribution in [0.15, 0.2) is 0 Å². The maximum atomic E-state index is 3.25. The molecule has 1 saturated carbocycles. The van der Waals surface area contributed by atoms with Crippen molar-refractivity contribution in [2.45, 2.75) is 26.8 Å². The Kier molecular flexibility index (Phi) is 2.16. The van der Waals surface area contributed by atoms with Gasteiger partial charge < -0.3 is 5.32 Å². The van der Waals surface area contributed by atoms with E-state index in [1.165, 1.54) is 13.1 Å². The molecule has 3 unspecified atom stereocenters. The van der Waals surface area contributed by atoms with Crippen molar-refractivity contribution in [3.05, 3.63) is 0 Å². The lowest BCUT2D eigenvalue weighted by Gasteiger charge is -2.28. The van der Waals surface area contributed by atoms with Crippen molar-refractivity contribution in [2.75, 3.05) is 26.7 Å². The van der Waals surface area contributed by atoms with Crippen LogP contribution in [-0.2, 0) is 0 Å². The van der Waals surface area contributed by atoms with Crippen molar-refractivity contribution in [3.8, 4) is 0 Å². The Labute approximate surface area is 81.7 Å². The monoisotopic (exact) mass is 182 g/mol. The van der Waals surface area contributed by atoms with Crippen molar-refractivity contribution < 1.29 is 0 Å². The minimum atomic E-state index is 0.663. The lowest BCUT2D eigenvalue weighted by Crippen LogP contribution is -2.40. The molecular formula is C11H22N2. The number of nitrogens with zero attached hydrogens (tertiary/aromatic N) is 1. The highest BCUT2D eigenvalue weighted by atomic mass is 15.2. The molecule has 2 fully saturated rings. The summed E-state index contributed by atoms with van der Waals surface area (Å²) in [5.74, 6) is 1.98. The van der Waals surface area contributed by atoms with E-state index < -0.39 is 0 Å². The predicted octanol–water partition coefficient (Wildman–Crippen LogP) is 1.18. The van der Waals surface area contributed by atoms with Crippen molar-refractivity contribution >= 4 is 0 Å². The molecule has 0 bridgehead atoms. The van der Waals surface area contributed by atoms with Gasteiger partial charge in [0.05, 0.1) is 0 Å². The zero-order valence-electron chi connectivity index (χ0n) is 9.30. The van der Waals surface area contributed by atoms with Gasteiger partial charge in [-0.15, -0.1) is 0 Å². The van der Waals surface area contributed by atoms with Gasteiger partial charge in [-0.25, -0.2) is 0 Å². The molecule has 1 N–H and O–H groups in total. The van der Waals surface area contributed by atoms with Crippen molar-refractivity contribution in [3.63, 3.8) is 0 Å². The molecular weight excluding hydrogens is 160 g/mol. The van der Waals surface area contributed by atoms with Crippen LogP contribution < -0.4 is 5.32 Å². The van der Waals surface area contributed by atoms with Gasteiger partial charge in [0.1, 0.15) is 0 Å². The molecule has 1 saturated heterocycles. The normalized spacial score (nSPS) is 38.8. The van der Waals surface area contributed by atoms with Crippen molar-refractivity contribution in [2.24, 2.45) is 17.3 Å². The lowest BCUT2D eigenvalue weighted by atomic mass is 10.1. The molecule has 0 aromatic rings. The van der Waals surface area contributed by atoms with E-state index >= 15 is 0 Å². The van der Waals surface area contributed by atoms with E-state index in [2.05, 4.69) is 31.0 Å². The number of fused-ring (bicyclic) bond motifs is 1. The van der Waals surface area contributed by atoms with E-state index in [1.807, 2.05) is 7.05 Å². The number of likely N-dealkylation sites (N-methyl/N-ethyl adjacent to an activating group) is 1. The average Bonchev–Trinajstić information content (AvgIpc) is 2.53. The first-order chi connectivity index (χ1) is 6.07. The van der Waals surface area contributed by atoms with Gasteiger partial charge in [0, 0.05) is 25.7 Å². The third-order valence-corrected chi connectivity index (χ3v) is 4.27. The second-order valence-electron chi connectivity index (χ2n) is 5.39. The Morgan fingerprint density at radius 2 is 1.92 bits per heavy atom. The molecule has 2 aliphatic rings. The molecule has 3 atom stereocenters. The van der Waals surface area contributed by atoms with Crippen LogP contribution in [0.5, 0.6) is 0 Å². The van der Waals surface area contributed by atoms with E-state index in [9.17, 15) is 0 Å². The van der Waals surface area contributed by atoms with E-state index in [0.29, 0.717) is 11.5 Å². The van der Waals surface area contributed by atoms with Gasteiger partial charge in [-0.3, -0.25) is 4.90 Å². The van der Waals surface area contributed by atoms with Gasteiger partial charge in [0.25, 0.3) is 0 Å². The van der Waals surface area contributed by atoms with E-state index in [4.69, 9.17) is 0 Å². The van der Waals surface area contributed by atoms with E-state index in [0.717, 1.165) is 18.4 Å². The molecule has 2 nitrogen and oxygen atoms in total. The summed E-state index contributed by atoms with van der Waals surface area (Å²) >= 11 is 0. The number of likely N-dealkylation sites (tertiary alicyclic amines) is 1. The summed E-state index contributed by atoms with van der Waals surface area (Å²) in [6, 6.07) is 0.716. The number of hydrogen-bond donors (Lipinski definition) is 1. The zero-order valence-corrected chi connectivity index (χ0v) is 9.30. The largest absolute Gasteiger partial charge is 0.318 e. The Morgan fingerprint density at radius 1 is 1.38 bits per heavy atom. The minimum absolute atomic E-state index is 0.663. The minimum Gasteiger partial charge on any atom is -0.318 e. The Balaban J connectivity index is 1.83. The molecule has 0 spiro atoms. The quantitative estimate of drug-likeness (QED) is 0.705. The SMILES string of the molecule is CNCC(C)N1CC2C(C1)C2(C)C. The number of rotatable bonds is 3. The van der Waals surface area contributed by atoms with Gasteiger partial charge >= 0.3 is 0 Å². The second kappa shape index (κ2) is 2.96. The second-order valence-corrected chi connectivity index (χ2v) is 5.39. The molecule has 76 valence electrons. The summed E-state index contributed by atoms with van der Waals surface area (Å²) in [6.07, 6.45) is 0. The van der Waals surface area contributed by atoms with E-state index in [1.54, 1.807) is 0 Å². The number of hydrogen-bond acceptors (Lipinski definition) is 2. The summed E-state index contributed by atoms with van der Waals surface area (Å²) in [5, 5.41) is 3.25. The van der Waals surface area contributed by atoms with Crippen LogP contribution in [0.2, 0.25) is 0 Å². The van der Waals surface area contributed by atoms with Gasteiger partial charge in [-0.05, 0) is 31.2 Å². The molecule has 13 heavy (non-hydrogen) atoms. The molecule has 1 heterocycles. The maximum absolute atomic E-state index is 3.25. The van der Waals surface area contributed by atoms with Gasteiger partial charge in [-0.2, -0.15) is 0 Å². The molecule has 0 aromatic heterocycles. The van der Waals surface area contributed by atoms with E-state index in [-0.39, 0.29) is 0 Å². The molecule has 2 heteroatoms. The number of nitrogens with one attached hydrogen (secondary N) is 1. The standard InChI is InChI=1S/C11H22N2/c1-8(5-12-4)13-6-9-10(7-13)11(9,2)3/h8-10,12H,5-7H2,1-4H3. The highest BCUT2D eigenvalue weighted by molar-refractivity contribution is 5.12. The highest BCUT2D eigenvalue weighted by Crippen LogP contribution is 2.62. The third-order valence-electron chi connectivity index (χ3n) is 4.27. The zero-order chi connectivity index (χ0) is 9.64. The van der Waals surface area contributed by atoms with Crippen LogP contribution in [0.25, 0.3) is 0 Å². The molecule has 2 rings (SSSR count). The Hall–Kier alpha value is -0.0800. The molecule has 0 aromatic carbocycles. The summed E-state index contributed by atoms with van der Waals surface area (Å²) in [6.45, 7) is 11.0. The summed E-state index contributed by atoms with van der Waals surface area (Å²) in [7, 11) is 2.04. The van der Waals surface area contributed by atoms with Gasteiger partial charge in [0.2, 0.25) is 0 Å². The average molecular weight is 182 g/mol. The number of piperidine rings is 1. The van der Waals surface area contributed by atoms with Crippen LogP contribution in [0.1, 0.15) is 20.8 Å². The van der Waals surface area contributed by atoms with Gasteiger partial charge in [0.15, 0.2) is 0 Å². The van der Waals surface area contributed by atoms with Crippen LogP contribution in [0.3, 0.4) is 0 Å². The van der Waals surface area contributed by atoms with Crippen LogP contribution in [0, 0.1) is 17.3 Å². The first-order valence-corrected chi connectivity index (χ1v) is 5.46. The lowest BCUT2D eigenvalue weighted by molar-refractivity contribution is 0.200. The molecule has 0 amide bonds. The fourth-order valence-corrected chi connectivity index (χ4v) is 2.95. The maximum Gasteiger partial charge on any atom is 0.0192 e. The molecule has 1 aliphatic heterocycles. The predicted molar refractivity (Wildman–Crippen MR) is 55.7 cm³/mol. The summed E-state index contributed by atoms with van der Waals surface area (Å²) in [4.78, 5) is 2.64. The topological polar surface area (TPSA) is 15.3 Å². The third kappa shape index (κ3) is 1.40. The Bertz CT molecular complexity index is 186. The van der Waals surface area contributed by atoms with Crippen LogP contribution in [0.4, 0.5) is 0 Å². The molecule has 1 aliphatic carbocycles.